The van der Waals surface area contributed by atoms with Crippen molar-refractivity contribution in [2.75, 3.05) is 18.8 Å². The molecule has 2 aliphatic rings. The van der Waals surface area contributed by atoms with Crippen molar-refractivity contribution in [3.8, 4) is 0 Å². The zero-order valence-electron chi connectivity index (χ0n) is 12.8. The molecule has 1 unspecified atom stereocenters. The Labute approximate surface area is 142 Å². The van der Waals surface area contributed by atoms with E-state index in [2.05, 4.69) is 0 Å². The minimum Gasteiger partial charge on any atom is -0.481 e. The lowest BCUT2D eigenvalue weighted by Gasteiger charge is -2.17. The zero-order chi connectivity index (χ0) is 17.3. The Kier molecular flexibility index (Phi) is 4.57. The number of imide groups is 1. The third kappa shape index (κ3) is 3.28. The van der Waals surface area contributed by atoms with Crippen molar-refractivity contribution in [1.29, 1.82) is 0 Å². The Bertz CT molecular complexity index is 704. The van der Waals surface area contributed by atoms with E-state index in [-0.39, 0.29) is 35.9 Å². The van der Waals surface area contributed by atoms with Gasteiger partial charge in [0, 0.05) is 18.7 Å². The van der Waals surface area contributed by atoms with Crippen LogP contribution in [0, 0.1) is 5.92 Å². The van der Waals surface area contributed by atoms with E-state index in [1.54, 1.807) is 24.3 Å². The Balaban J connectivity index is 1.71. The summed E-state index contributed by atoms with van der Waals surface area (Å²) in [5.74, 6) is -1.71. The fourth-order valence-electron chi connectivity index (χ4n) is 2.85. The van der Waals surface area contributed by atoms with E-state index in [0.717, 1.165) is 11.8 Å². The zero-order valence-corrected chi connectivity index (χ0v) is 13.6. The highest BCUT2D eigenvalue weighted by atomic mass is 32.2. The quantitative estimate of drug-likeness (QED) is 0.884. The molecule has 0 saturated carbocycles. The van der Waals surface area contributed by atoms with Crippen molar-refractivity contribution >= 4 is 34.8 Å². The highest BCUT2D eigenvalue weighted by molar-refractivity contribution is 8.14. The van der Waals surface area contributed by atoms with Gasteiger partial charge < -0.3 is 10.0 Å². The average molecular weight is 348 g/mol. The maximum Gasteiger partial charge on any atom is 0.308 e. The molecule has 0 bridgehead atoms. The summed E-state index contributed by atoms with van der Waals surface area (Å²) in [6.45, 7) is 0.765. The molecule has 3 rings (SSSR count). The predicted molar refractivity (Wildman–Crippen MR) is 86.5 cm³/mol. The smallest absolute Gasteiger partial charge is 0.308 e. The Morgan fingerprint density at radius 1 is 1.29 bits per heavy atom. The van der Waals surface area contributed by atoms with Crippen LogP contribution in [-0.4, -0.2) is 56.8 Å². The Morgan fingerprint density at radius 2 is 2.08 bits per heavy atom. The van der Waals surface area contributed by atoms with Gasteiger partial charge >= 0.3 is 5.97 Å². The van der Waals surface area contributed by atoms with E-state index >= 15 is 0 Å². The molecule has 1 N–H and O–H groups in total. The van der Waals surface area contributed by atoms with Gasteiger partial charge in [-0.1, -0.05) is 23.9 Å². The van der Waals surface area contributed by atoms with Crippen molar-refractivity contribution < 1.29 is 24.3 Å². The first-order valence-corrected chi connectivity index (χ1v) is 8.52. The normalized spacial score (nSPS) is 20.8. The third-order valence-electron chi connectivity index (χ3n) is 4.18. The number of nitrogens with zero attached hydrogens (tertiary/aromatic N) is 2. The maximum atomic E-state index is 12.5. The molecule has 2 saturated heterocycles. The minimum atomic E-state index is -0.886. The predicted octanol–water partition coefficient (Wildman–Crippen LogP) is 1.43. The van der Waals surface area contributed by atoms with Crippen LogP contribution in [0.1, 0.15) is 22.3 Å². The largest absolute Gasteiger partial charge is 0.481 e. The molecule has 3 amide bonds. The molecule has 24 heavy (non-hydrogen) atoms. The first-order valence-electron chi connectivity index (χ1n) is 7.54. The van der Waals surface area contributed by atoms with Crippen LogP contribution in [0.4, 0.5) is 4.79 Å². The molecule has 0 aromatic heterocycles. The number of carboxylic acids is 1. The van der Waals surface area contributed by atoms with Crippen molar-refractivity contribution in [1.82, 2.24) is 9.80 Å². The summed E-state index contributed by atoms with van der Waals surface area (Å²) in [6.07, 6.45) is 0.453. The molecule has 0 spiro atoms. The van der Waals surface area contributed by atoms with E-state index in [1.807, 2.05) is 0 Å². The van der Waals surface area contributed by atoms with Crippen LogP contribution in [-0.2, 0) is 16.1 Å². The monoisotopic (exact) mass is 348 g/mol. The van der Waals surface area contributed by atoms with Gasteiger partial charge in [-0.2, -0.15) is 0 Å². The number of hydrogen-bond acceptors (Lipinski definition) is 5. The topological polar surface area (TPSA) is 95.0 Å². The number of carbonyl (C=O) groups is 4. The summed E-state index contributed by atoms with van der Waals surface area (Å²) >= 11 is 0.973. The average Bonchev–Trinajstić information content (AvgIpc) is 3.17. The summed E-state index contributed by atoms with van der Waals surface area (Å²) in [5, 5.41) is 8.75. The Morgan fingerprint density at radius 3 is 2.71 bits per heavy atom. The maximum absolute atomic E-state index is 12.5. The van der Waals surface area contributed by atoms with Crippen molar-refractivity contribution in [2.45, 2.75) is 13.0 Å². The van der Waals surface area contributed by atoms with E-state index in [1.165, 1.54) is 9.80 Å². The van der Waals surface area contributed by atoms with Crippen LogP contribution < -0.4 is 0 Å². The number of aliphatic carboxylic acids is 1. The molecular formula is C16H16N2O5S. The van der Waals surface area contributed by atoms with E-state index in [4.69, 9.17) is 5.11 Å². The van der Waals surface area contributed by atoms with E-state index in [9.17, 15) is 19.2 Å². The lowest BCUT2D eigenvalue weighted by atomic mass is 10.1. The number of hydrogen-bond donors (Lipinski definition) is 1. The number of amides is 3. The van der Waals surface area contributed by atoms with Crippen LogP contribution in [0.2, 0.25) is 0 Å². The standard InChI is InChI=1S/C16H16N2O5S/c19-13-9-24-16(23)18(13)7-10-2-1-3-11(6-10)14(20)17-5-4-12(8-17)15(21)22/h1-3,6,12H,4-5,7-9H2,(H,21,22). The number of carboxylic acid groups (broad SMARTS) is 1. The highest BCUT2D eigenvalue weighted by Crippen LogP contribution is 2.23. The lowest BCUT2D eigenvalue weighted by Crippen LogP contribution is -2.30. The molecule has 8 heteroatoms. The SMILES string of the molecule is O=C(O)C1CCN(C(=O)c2cccc(CN3C(=O)CSC3=O)c2)C1. The summed E-state index contributed by atoms with van der Waals surface area (Å²) in [7, 11) is 0. The van der Waals surface area contributed by atoms with Crippen molar-refractivity contribution in [3.63, 3.8) is 0 Å². The van der Waals surface area contributed by atoms with Gasteiger partial charge in [0.2, 0.25) is 5.91 Å². The van der Waals surface area contributed by atoms with Gasteiger partial charge in [-0.15, -0.1) is 0 Å². The highest BCUT2D eigenvalue weighted by Gasteiger charge is 2.32. The van der Waals surface area contributed by atoms with Gasteiger partial charge in [-0.3, -0.25) is 24.1 Å². The van der Waals surface area contributed by atoms with E-state index in [0.29, 0.717) is 24.1 Å². The van der Waals surface area contributed by atoms with Crippen LogP contribution in [0.15, 0.2) is 24.3 Å². The molecule has 2 heterocycles. The Hall–Kier alpha value is -2.35. The molecule has 7 nitrogen and oxygen atoms in total. The molecule has 0 radical (unpaired) electrons. The fourth-order valence-corrected chi connectivity index (χ4v) is 3.57. The minimum absolute atomic E-state index is 0.142. The molecule has 126 valence electrons. The molecule has 2 aliphatic heterocycles. The summed E-state index contributed by atoms with van der Waals surface area (Å²) in [4.78, 5) is 49.5. The molecule has 0 aliphatic carbocycles. The summed E-state index contributed by atoms with van der Waals surface area (Å²) in [6, 6.07) is 6.76. The van der Waals surface area contributed by atoms with Crippen LogP contribution >= 0.6 is 11.8 Å². The van der Waals surface area contributed by atoms with Gasteiger partial charge in [0.1, 0.15) is 0 Å². The lowest BCUT2D eigenvalue weighted by molar-refractivity contribution is -0.141. The van der Waals surface area contributed by atoms with Crippen molar-refractivity contribution in [3.05, 3.63) is 35.4 Å². The van der Waals surface area contributed by atoms with Crippen molar-refractivity contribution in [2.24, 2.45) is 5.92 Å². The molecule has 1 aromatic carbocycles. The number of rotatable bonds is 4. The second kappa shape index (κ2) is 6.64. The molecular weight excluding hydrogens is 332 g/mol. The summed E-state index contributed by atoms with van der Waals surface area (Å²) < 4.78 is 0. The molecule has 1 atom stereocenters. The second-order valence-electron chi connectivity index (χ2n) is 5.81. The van der Waals surface area contributed by atoms with Crippen LogP contribution in [0.25, 0.3) is 0 Å². The first kappa shape index (κ1) is 16.5. The summed E-state index contributed by atoms with van der Waals surface area (Å²) in [5.41, 5.74) is 1.13. The second-order valence-corrected chi connectivity index (χ2v) is 6.74. The number of likely N-dealkylation sites (tertiary alicyclic amines) is 1. The first-order chi connectivity index (χ1) is 11.5. The third-order valence-corrected chi connectivity index (χ3v) is 5.04. The van der Waals surface area contributed by atoms with E-state index < -0.39 is 11.9 Å². The number of carbonyl (C=O) groups excluding carboxylic acids is 3. The van der Waals surface area contributed by atoms with Gasteiger partial charge in [-0.25, -0.2) is 0 Å². The van der Waals surface area contributed by atoms with Gasteiger partial charge in [-0.05, 0) is 24.1 Å². The van der Waals surface area contributed by atoms with Gasteiger partial charge in [0.05, 0.1) is 18.2 Å². The molecule has 2 fully saturated rings. The van der Waals surface area contributed by atoms with Gasteiger partial charge in [0.15, 0.2) is 0 Å². The number of thioether (sulfide) groups is 1. The van der Waals surface area contributed by atoms with Crippen LogP contribution in [0.5, 0.6) is 0 Å². The van der Waals surface area contributed by atoms with Gasteiger partial charge in [0.25, 0.3) is 11.1 Å². The molecule has 1 aromatic rings. The van der Waals surface area contributed by atoms with Crippen LogP contribution in [0.3, 0.4) is 0 Å². The number of benzene rings is 1. The fraction of sp³-hybridized carbons (Fsp3) is 0.375.